The van der Waals surface area contributed by atoms with Crippen LogP contribution in [0, 0.1) is 0 Å². The molecule has 72 valence electrons. The van der Waals surface area contributed by atoms with Gasteiger partial charge in [0.2, 0.25) is 5.88 Å². The number of hydrogen-bond acceptors (Lipinski definition) is 5. The van der Waals surface area contributed by atoms with E-state index >= 15 is 0 Å². The number of nitrogens with two attached hydrogens (primary N) is 1. The van der Waals surface area contributed by atoms with Crippen LogP contribution in [0.4, 0.5) is 5.82 Å². The minimum absolute atomic E-state index is 0.386. The quantitative estimate of drug-likeness (QED) is 0.672. The van der Waals surface area contributed by atoms with Crippen molar-refractivity contribution in [2.24, 2.45) is 0 Å². The van der Waals surface area contributed by atoms with E-state index in [9.17, 15) is 0 Å². The zero-order chi connectivity index (χ0) is 9.52. The number of hydrogen-bond donors (Lipinski definition) is 1. The van der Waals surface area contributed by atoms with E-state index in [2.05, 4.69) is 9.97 Å². The van der Waals surface area contributed by atoms with Gasteiger partial charge in [-0.25, -0.2) is 9.97 Å². The fourth-order valence-corrected chi connectivity index (χ4v) is 0.750. The van der Waals surface area contributed by atoms with Crippen LogP contribution in [0.3, 0.4) is 0 Å². The molecule has 0 saturated heterocycles. The highest BCUT2D eigenvalue weighted by atomic mass is 16.5. The lowest BCUT2D eigenvalue weighted by Crippen LogP contribution is -2.07. The first-order chi connectivity index (χ1) is 6.33. The predicted octanol–water partition coefficient (Wildman–Crippen LogP) is 0.474. The third-order valence-electron chi connectivity index (χ3n) is 1.33. The SMILES string of the molecule is CCOCCOc1cnc(N)cn1. The van der Waals surface area contributed by atoms with Crippen molar-refractivity contribution in [3.05, 3.63) is 12.4 Å². The summed E-state index contributed by atoms with van der Waals surface area (Å²) in [6.07, 6.45) is 2.94. The first kappa shape index (κ1) is 9.73. The highest BCUT2D eigenvalue weighted by Crippen LogP contribution is 2.03. The summed E-state index contributed by atoms with van der Waals surface area (Å²) < 4.78 is 10.3. The van der Waals surface area contributed by atoms with Gasteiger partial charge >= 0.3 is 0 Å². The highest BCUT2D eigenvalue weighted by molar-refractivity contribution is 5.24. The van der Waals surface area contributed by atoms with E-state index in [1.54, 1.807) is 0 Å². The molecule has 13 heavy (non-hydrogen) atoms. The summed E-state index contributed by atoms with van der Waals surface area (Å²) in [5, 5.41) is 0. The Morgan fingerprint density at radius 2 is 2.15 bits per heavy atom. The van der Waals surface area contributed by atoms with Gasteiger partial charge in [0.15, 0.2) is 0 Å². The molecule has 1 aromatic rings. The van der Waals surface area contributed by atoms with Crippen LogP contribution in [0.5, 0.6) is 5.88 Å². The lowest BCUT2D eigenvalue weighted by Gasteiger charge is -2.04. The number of nitrogens with zero attached hydrogens (tertiary/aromatic N) is 2. The maximum atomic E-state index is 5.35. The number of nitrogen functional groups attached to an aromatic ring is 1. The molecule has 1 rings (SSSR count). The lowest BCUT2D eigenvalue weighted by molar-refractivity contribution is 0.108. The van der Waals surface area contributed by atoms with Crippen LogP contribution in [-0.4, -0.2) is 29.8 Å². The Kier molecular flexibility index (Phi) is 3.98. The number of anilines is 1. The molecule has 0 unspecified atom stereocenters. The molecule has 0 atom stereocenters. The predicted molar refractivity (Wildman–Crippen MR) is 48.4 cm³/mol. The van der Waals surface area contributed by atoms with Crippen molar-refractivity contribution in [1.29, 1.82) is 0 Å². The molecule has 0 radical (unpaired) electrons. The van der Waals surface area contributed by atoms with E-state index in [0.29, 0.717) is 31.5 Å². The summed E-state index contributed by atoms with van der Waals surface area (Å²) in [6.45, 7) is 3.66. The van der Waals surface area contributed by atoms with Gasteiger partial charge in [-0.1, -0.05) is 0 Å². The Bertz CT molecular complexity index is 238. The topological polar surface area (TPSA) is 70.3 Å². The van der Waals surface area contributed by atoms with E-state index in [1.807, 2.05) is 6.92 Å². The van der Waals surface area contributed by atoms with Crippen LogP contribution in [0.25, 0.3) is 0 Å². The fraction of sp³-hybridized carbons (Fsp3) is 0.500. The van der Waals surface area contributed by atoms with E-state index in [4.69, 9.17) is 15.2 Å². The van der Waals surface area contributed by atoms with Gasteiger partial charge in [-0.15, -0.1) is 0 Å². The van der Waals surface area contributed by atoms with Crippen LogP contribution in [0.15, 0.2) is 12.4 Å². The van der Waals surface area contributed by atoms with Crippen LogP contribution in [0.1, 0.15) is 6.92 Å². The van der Waals surface area contributed by atoms with Gasteiger partial charge in [0, 0.05) is 6.61 Å². The molecular formula is C8H13N3O2. The minimum Gasteiger partial charge on any atom is -0.474 e. The highest BCUT2D eigenvalue weighted by Gasteiger charge is 1.94. The van der Waals surface area contributed by atoms with Crippen molar-refractivity contribution in [2.75, 3.05) is 25.6 Å². The van der Waals surface area contributed by atoms with Crippen molar-refractivity contribution in [3.63, 3.8) is 0 Å². The van der Waals surface area contributed by atoms with E-state index in [0.717, 1.165) is 0 Å². The molecule has 0 aliphatic rings. The van der Waals surface area contributed by atoms with E-state index in [-0.39, 0.29) is 0 Å². The second-order valence-electron chi connectivity index (χ2n) is 2.32. The molecule has 0 aliphatic heterocycles. The van der Waals surface area contributed by atoms with Gasteiger partial charge < -0.3 is 15.2 Å². The first-order valence-corrected chi connectivity index (χ1v) is 4.11. The van der Waals surface area contributed by atoms with Crippen molar-refractivity contribution in [2.45, 2.75) is 6.92 Å². The average Bonchev–Trinajstić information content (AvgIpc) is 2.15. The largest absolute Gasteiger partial charge is 0.474 e. The Morgan fingerprint density at radius 1 is 1.31 bits per heavy atom. The number of aromatic nitrogens is 2. The Hall–Kier alpha value is -1.36. The normalized spacial score (nSPS) is 9.92. The summed E-state index contributed by atoms with van der Waals surface area (Å²) in [5.74, 6) is 0.853. The third-order valence-corrected chi connectivity index (χ3v) is 1.33. The molecule has 1 heterocycles. The standard InChI is InChI=1S/C8H13N3O2/c1-2-12-3-4-13-8-6-10-7(9)5-11-8/h5-6H,2-4H2,1H3,(H2,9,10). The fourth-order valence-electron chi connectivity index (χ4n) is 0.750. The molecular weight excluding hydrogens is 170 g/mol. The zero-order valence-electron chi connectivity index (χ0n) is 7.56. The molecule has 2 N–H and O–H groups in total. The molecule has 5 heteroatoms. The number of ether oxygens (including phenoxy) is 2. The van der Waals surface area contributed by atoms with Crippen molar-refractivity contribution >= 4 is 5.82 Å². The molecule has 5 nitrogen and oxygen atoms in total. The zero-order valence-corrected chi connectivity index (χ0v) is 7.56. The Morgan fingerprint density at radius 3 is 2.77 bits per heavy atom. The molecule has 0 amide bonds. The van der Waals surface area contributed by atoms with E-state index < -0.39 is 0 Å². The molecule has 1 aromatic heterocycles. The Labute approximate surface area is 76.9 Å². The molecule has 0 saturated carbocycles. The van der Waals surface area contributed by atoms with Gasteiger partial charge in [0.25, 0.3) is 0 Å². The summed E-state index contributed by atoms with van der Waals surface area (Å²) in [6, 6.07) is 0. The molecule has 0 spiro atoms. The second-order valence-corrected chi connectivity index (χ2v) is 2.32. The lowest BCUT2D eigenvalue weighted by atomic mass is 10.6. The van der Waals surface area contributed by atoms with Crippen LogP contribution < -0.4 is 10.5 Å². The monoisotopic (exact) mass is 183 g/mol. The third kappa shape index (κ3) is 3.71. The van der Waals surface area contributed by atoms with Crippen LogP contribution in [0.2, 0.25) is 0 Å². The van der Waals surface area contributed by atoms with E-state index in [1.165, 1.54) is 12.4 Å². The summed E-state index contributed by atoms with van der Waals surface area (Å²) in [4.78, 5) is 7.74. The summed E-state index contributed by atoms with van der Waals surface area (Å²) in [7, 11) is 0. The minimum atomic E-state index is 0.386. The summed E-state index contributed by atoms with van der Waals surface area (Å²) in [5.41, 5.74) is 5.35. The van der Waals surface area contributed by atoms with Crippen LogP contribution in [-0.2, 0) is 4.74 Å². The van der Waals surface area contributed by atoms with Crippen molar-refractivity contribution < 1.29 is 9.47 Å². The maximum absolute atomic E-state index is 5.35. The molecule has 0 fully saturated rings. The van der Waals surface area contributed by atoms with Gasteiger partial charge in [-0.2, -0.15) is 0 Å². The second kappa shape index (κ2) is 5.31. The number of rotatable bonds is 5. The summed E-state index contributed by atoms with van der Waals surface area (Å²) >= 11 is 0. The van der Waals surface area contributed by atoms with Gasteiger partial charge in [-0.3, -0.25) is 0 Å². The van der Waals surface area contributed by atoms with Crippen molar-refractivity contribution in [1.82, 2.24) is 9.97 Å². The smallest absolute Gasteiger partial charge is 0.232 e. The van der Waals surface area contributed by atoms with Gasteiger partial charge in [0.1, 0.15) is 12.4 Å². The average molecular weight is 183 g/mol. The molecule has 0 aromatic carbocycles. The Balaban J connectivity index is 2.25. The van der Waals surface area contributed by atoms with Gasteiger partial charge in [-0.05, 0) is 6.92 Å². The van der Waals surface area contributed by atoms with Crippen molar-refractivity contribution in [3.8, 4) is 5.88 Å². The first-order valence-electron chi connectivity index (χ1n) is 4.11. The molecule has 0 aliphatic carbocycles. The molecule has 0 bridgehead atoms. The van der Waals surface area contributed by atoms with Crippen LogP contribution >= 0.6 is 0 Å². The van der Waals surface area contributed by atoms with Gasteiger partial charge in [0.05, 0.1) is 19.0 Å². The maximum Gasteiger partial charge on any atom is 0.232 e.